The van der Waals surface area contributed by atoms with Gasteiger partial charge in [-0.2, -0.15) is 0 Å². The smallest absolute Gasteiger partial charge is 0.403 e. The molecular weight excluding hydrogens is 198 g/mol. The molecule has 5 nitrogen and oxygen atoms in total. The van der Waals surface area contributed by atoms with Gasteiger partial charge in [-0.25, -0.2) is 4.79 Å². The van der Waals surface area contributed by atoms with Gasteiger partial charge in [-0.1, -0.05) is 6.92 Å². The first-order chi connectivity index (χ1) is 5.95. The predicted octanol–water partition coefficient (Wildman–Crippen LogP) is 1.19. The number of nitrogens with two attached hydrogens (primary N) is 1. The molecule has 0 radical (unpaired) electrons. The minimum Gasteiger partial charge on any atom is -0.480 e. The monoisotopic (exact) mass is 211 g/mol. The van der Waals surface area contributed by atoms with Gasteiger partial charge in [-0.3, -0.25) is 4.79 Å². The minimum absolute atomic E-state index is 0.350. The van der Waals surface area contributed by atoms with Gasteiger partial charge in [0.05, 0.1) is 6.61 Å². The Kier molecular flexibility index (Phi) is 10.5. The van der Waals surface area contributed by atoms with Crippen molar-refractivity contribution in [1.82, 2.24) is 0 Å². The highest BCUT2D eigenvalue weighted by atomic mass is 35.5. The van der Waals surface area contributed by atoms with E-state index >= 15 is 0 Å². The molecule has 0 aliphatic rings. The van der Waals surface area contributed by atoms with Crippen LogP contribution in [0.2, 0.25) is 0 Å². The Labute approximate surface area is 81.8 Å². The summed E-state index contributed by atoms with van der Waals surface area (Å²) in [5.74, 6) is -0.928. The largest absolute Gasteiger partial charge is 0.480 e. The second-order valence-electron chi connectivity index (χ2n) is 2.02. The molecule has 0 heterocycles. The number of carbonyl (C=O) groups is 2. The number of carbonyl (C=O) groups excluding carboxylic acids is 1. The molecule has 0 rings (SSSR count). The molecule has 0 aliphatic carbocycles. The quantitative estimate of drug-likeness (QED) is 0.685. The molecule has 0 spiro atoms. The van der Waals surface area contributed by atoms with E-state index in [1.54, 1.807) is 13.8 Å². The fourth-order valence-corrected chi connectivity index (χ4v) is 0.397. The Morgan fingerprint density at radius 1 is 1.54 bits per heavy atom. The van der Waals surface area contributed by atoms with Crippen molar-refractivity contribution < 1.29 is 19.4 Å². The first-order valence-corrected chi connectivity index (χ1v) is 4.14. The van der Waals surface area contributed by atoms with Gasteiger partial charge in [-0.15, -0.1) is 0 Å². The van der Waals surface area contributed by atoms with E-state index < -0.39 is 17.4 Å². The normalized spacial score (nSPS) is 10.8. The molecule has 1 atom stereocenters. The average molecular weight is 212 g/mol. The van der Waals surface area contributed by atoms with Crippen molar-refractivity contribution in [2.24, 2.45) is 5.73 Å². The Bertz CT molecular complexity index is 163. The molecule has 0 amide bonds. The third-order valence-corrected chi connectivity index (χ3v) is 1.12. The fourth-order valence-electron chi connectivity index (χ4n) is 0.288. The lowest BCUT2D eigenvalue weighted by Gasteiger charge is -1.97. The average Bonchev–Trinajstić information content (AvgIpc) is 2.03. The van der Waals surface area contributed by atoms with Crippen molar-refractivity contribution in [3.05, 3.63) is 0 Å². The van der Waals surface area contributed by atoms with Gasteiger partial charge in [0.25, 0.3) is 0 Å². The molecule has 0 aromatic carbocycles. The molecule has 0 fully saturated rings. The summed E-state index contributed by atoms with van der Waals surface area (Å²) in [7, 11) is 0. The molecule has 3 N–H and O–H groups in total. The van der Waals surface area contributed by atoms with Crippen molar-refractivity contribution in [2.45, 2.75) is 26.3 Å². The lowest BCUT2D eigenvalue weighted by Crippen LogP contribution is -2.28. The minimum atomic E-state index is -0.928. The van der Waals surface area contributed by atoms with E-state index in [4.69, 9.17) is 22.4 Å². The topological polar surface area (TPSA) is 89.6 Å². The molecule has 6 heteroatoms. The molecule has 0 aromatic heterocycles. The molecule has 0 saturated carbocycles. The van der Waals surface area contributed by atoms with Crippen LogP contribution < -0.4 is 5.73 Å². The fraction of sp³-hybridized carbons (Fsp3) is 0.714. The Hall–Kier alpha value is -0.810. The zero-order valence-electron chi connectivity index (χ0n) is 7.62. The summed E-state index contributed by atoms with van der Waals surface area (Å²) in [5.41, 5.74) is 4.28. The number of carboxylic acids is 1. The second-order valence-corrected chi connectivity index (χ2v) is 2.33. The van der Waals surface area contributed by atoms with Crippen LogP contribution in [0.4, 0.5) is 4.79 Å². The molecular formula is C7H14ClNO4. The maximum absolute atomic E-state index is 9.81. The van der Waals surface area contributed by atoms with Crippen molar-refractivity contribution in [2.75, 3.05) is 6.61 Å². The van der Waals surface area contributed by atoms with Crippen LogP contribution in [0.5, 0.6) is 0 Å². The highest BCUT2D eigenvalue weighted by molar-refractivity contribution is 6.61. The van der Waals surface area contributed by atoms with E-state index in [1.165, 1.54) is 0 Å². The van der Waals surface area contributed by atoms with E-state index in [0.29, 0.717) is 13.0 Å². The van der Waals surface area contributed by atoms with Crippen molar-refractivity contribution >= 4 is 23.0 Å². The molecule has 78 valence electrons. The zero-order valence-corrected chi connectivity index (χ0v) is 8.37. The van der Waals surface area contributed by atoms with Crippen LogP contribution >= 0.6 is 11.6 Å². The summed E-state index contributed by atoms with van der Waals surface area (Å²) in [4.78, 5) is 19.4. The summed E-state index contributed by atoms with van der Waals surface area (Å²) >= 11 is 4.72. The van der Waals surface area contributed by atoms with E-state index in [-0.39, 0.29) is 0 Å². The van der Waals surface area contributed by atoms with Crippen molar-refractivity contribution in [3.8, 4) is 0 Å². The molecule has 0 saturated heterocycles. The Balaban J connectivity index is 0. The van der Waals surface area contributed by atoms with E-state index in [9.17, 15) is 9.59 Å². The molecule has 0 aromatic rings. The highest BCUT2D eigenvalue weighted by Crippen LogP contribution is 1.83. The lowest BCUT2D eigenvalue weighted by molar-refractivity contribution is -0.138. The van der Waals surface area contributed by atoms with Crippen LogP contribution in [-0.4, -0.2) is 29.2 Å². The zero-order chi connectivity index (χ0) is 10.9. The number of carboxylic acid groups (broad SMARTS) is 1. The van der Waals surface area contributed by atoms with E-state index in [0.717, 1.165) is 0 Å². The number of aliphatic carboxylic acids is 1. The third kappa shape index (κ3) is 14.1. The Morgan fingerprint density at radius 3 is 2.00 bits per heavy atom. The molecule has 0 aliphatic heterocycles. The first kappa shape index (κ1) is 14.7. The number of rotatable bonds is 3. The lowest BCUT2D eigenvalue weighted by atomic mass is 10.2. The SMILES string of the molecule is CCOC(=O)Cl.CC[C@H](N)C(=O)O. The summed E-state index contributed by atoms with van der Waals surface area (Å²) < 4.78 is 4.17. The summed E-state index contributed by atoms with van der Waals surface area (Å²) in [6.45, 7) is 3.78. The maximum Gasteiger partial charge on any atom is 0.403 e. The first-order valence-electron chi connectivity index (χ1n) is 3.76. The second kappa shape index (κ2) is 9.28. The van der Waals surface area contributed by atoms with Gasteiger partial charge >= 0.3 is 11.4 Å². The predicted molar refractivity (Wildman–Crippen MR) is 48.8 cm³/mol. The third-order valence-electron chi connectivity index (χ3n) is 1.01. The maximum atomic E-state index is 9.81. The number of hydrogen-bond acceptors (Lipinski definition) is 4. The van der Waals surface area contributed by atoms with Gasteiger partial charge in [0.15, 0.2) is 0 Å². The van der Waals surface area contributed by atoms with Crippen LogP contribution in [0, 0.1) is 0 Å². The standard InChI is InChI=1S/C4H9NO2.C3H5ClO2/c1-2-3(5)4(6)7;1-2-6-3(4)5/h3H,2,5H2,1H3,(H,6,7);2H2,1H3/t3-;/m0./s1. The summed E-state index contributed by atoms with van der Waals surface area (Å²) in [5, 5.41) is 8.06. The number of halogens is 1. The molecule has 0 bridgehead atoms. The van der Waals surface area contributed by atoms with Crippen LogP contribution in [0.25, 0.3) is 0 Å². The highest BCUT2D eigenvalue weighted by Gasteiger charge is 2.05. The number of hydrogen-bond donors (Lipinski definition) is 2. The van der Waals surface area contributed by atoms with Gasteiger partial charge < -0.3 is 15.6 Å². The van der Waals surface area contributed by atoms with Gasteiger partial charge in [-0.05, 0) is 13.3 Å². The summed E-state index contributed by atoms with van der Waals surface area (Å²) in [6.07, 6.45) is 0.495. The van der Waals surface area contributed by atoms with Crippen molar-refractivity contribution in [1.29, 1.82) is 0 Å². The van der Waals surface area contributed by atoms with Gasteiger partial charge in [0.1, 0.15) is 6.04 Å². The molecule has 13 heavy (non-hydrogen) atoms. The Morgan fingerprint density at radius 2 is 2.00 bits per heavy atom. The van der Waals surface area contributed by atoms with E-state index in [2.05, 4.69) is 4.74 Å². The van der Waals surface area contributed by atoms with Crippen LogP contribution in [0.1, 0.15) is 20.3 Å². The van der Waals surface area contributed by atoms with Crippen LogP contribution in [0.15, 0.2) is 0 Å². The van der Waals surface area contributed by atoms with Gasteiger partial charge in [0.2, 0.25) is 0 Å². The van der Waals surface area contributed by atoms with E-state index in [1.807, 2.05) is 0 Å². The van der Waals surface area contributed by atoms with Crippen LogP contribution in [-0.2, 0) is 9.53 Å². The molecule has 0 unspecified atom stereocenters. The van der Waals surface area contributed by atoms with Gasteiger partial charge in [0, 0.05) is 11.6 Å². The summed E-state index contributed by atoms with van der Waals surface area (Å²) in [6, 6.07) is -0.681. The van der Waals surface area contributed by atoms with Crippen molar-refractivity contribution in [3.63, 3.8) is 0 Å². The number of ether oxygens (including phenoxy) is 1. The van der Waals surface area contributed by atoms with Crippen LogP contribution in [0.3, 0.4) is 0 Å².